The summed E-state index contributed by atoms with van der Waals surface area (Å²) in [6.07, 6.45) is 2.00. The molecule has 1 aromatic heterocycles. The highest BCUT2D eigenvalue weighted by atomic mass is 35.5. The summed E-state index contributed by atoms with van der Waals surface area (Å²) in [7, 11) is 1.64. The zero-order chi connectivity index (χ0) is 17.4. The van der Waals surface area contributed by atoms with E-state index < -0.39 is 0 Å². The van der Waals surface area contributed by atoms with Gasteiger partial charge in [-0.3, -0.25) is 0 Å². The Morgan fingerprint density at radius 2 is 1.80 bits per heavy atom. The Balaban J connectivity index is 1.83. The maximum Gasteiger partial charge on any atom is 0.248 e. The Kier molecular flexibility index (Phi) is 4.07. The highest BCUT2D eigenvalue weighted by Gasteiger charge is 2.27. The molecule has 4 rings (SSSR count). The Morgan fingerprint density at radius 1 is 1.08 bits per heavy atom. The molecule has 25 heavy (non-hydrogen) atoms. The third-order valence-electron chi connectivity index (χ3n) is 4.02. The second-order valence-electron chi connectivity index (χ2n) is 5.46. The molecule has 0 amide bonds. The van der Waals surface area contributed by atoms with Crippen LogP contribution in [0, 0.1) is 0 Å². The number of aromatic nitrogens is 4. The lowest BCUT2D eigenvalue weighted by atomic mass is 10.0. The fraction of sp³-hybridized carbons (Fsp3) is 0.118. The zero-order valence-electron chi connectivity index (χ0n) is 13.1. The number of ether oxygens (including phenoxy) is 1. The summed E-state index contributed by atoms with van der Waals surface area (Å²) in [5.41, 5.74) is 2.60. The summed E-state index contributed by atoms with van der Waals surface area (Å²) < 4.78 is 6.86. The minimum atomic E-state index is -0.315. The van der Waals surface area contributed by atoms with Gasteiger partial charge in [0.2, 0.25) is 5.95 Å². The molecular weight excluding hydrogens is 361 g/mol. The predicted molar refractivity (Wildman–Crippen MR) is 97.0 cm³/mol. The van der Waals surface area contributed by atoms with E-state index in [-0.39, 0.29) is 6.04 Å². The molecule has 1 atom stereocenters. The second-order valence-corrected chi connectivity index (χ2v) is 6.28. The van der Waals surface area contributed by atoms with E-state index in [1.807, 2.05) is 36.4 Å². The molecule has 1 aliphatic rings. The minimum Gasteiger partial charge on any atom is -0.497 e. The van der Waals surface area contributed by atoms with Gasteiger partial charge in [-0.25, -0.2) is 0 Å². The van der Waals surface area contributed by atoms with E-state index in [1.54, 1.807) is 23.9 Å². The minimum absolute atomic E-state index is 0.315. The van der Waals surface area contributed by atoms with Crippen LogP contribution in [0.25, 0.3) is 5.70 Å². The van der Waals surface area contributed by atoms with Crippen molar-refractivity contribution in [2.24, 2.45) is 0 Å². The first-order valence-corrected chi connectivity index (χ1v) is 8.28. The Hall–Kier alpha value is -2.57. The van der Waals surface area contributed by atoms with Crippen molar-refractivity contribution < 1.29 is 4.74 Å². The average molecular weight is 374 g/mol. The Bertz CT molecular complexity index is 932. The smallest absolute Gasteiger partial charge is 0.248 e. The van der Waals surface area contributed by atoms with Crippen molar-refractivity contribution in [3.63, 3.8) is 0 Å². The molecule has 0 bridgehead atoms. The Morgan fingerprint density at radius 3 is 2.48 bits per heavy atom. The molecule has 0 unspecified atom stereocenters. The first-order valence-electron chi connectivity index (χ1n) is 7.52. The number of tetrazole rings is 1. The lowest BCUT2D eigenvalue weighted by Gasteiger charge is -2.24. The highest BCUT2D eigenvalue weighted by molar-refractivity contribution is 6.36. The largest absolute Gasteiger partial charge is 0.497 e. The van der Waals surface area contributed by atoms with Crippen LogP contribution < -0.4 is 10.1 Å². The molecular formula is C17H13Cl2N5O. The average Bonchev–Trinajstić information content (AvgIpc) is 3.10. The van der Waals surface area contributed by atoms with Gasteiger partial charge in [-0.05, 0) is 58.5 Å². The van der Waals surface area contributed by atoms with Crippen LogP contribution in [0.5, 0.6) is 5.75 Å². The molecule has 8 heteroatoms. The fourth-order valence-electron chi connectivity index (χ4n) is 2.79. The third-order valence-corrected chi connectivity index (χ3v) is 4.68. The first-order chi connectivity index (χ1) is 12.2. The zero-order valence-corrected chi connectivity index (χ0v) is 14.7. The van der Waals surface area contributed by atoms with Gasteiger partial charge in [0, 0.05) is 21.3 Å². The molecule has 1 aliphatic heterocycles. The summed E-state index contributed by atoms with van der Waals surface area (Å²) in [5, 5.41) is 16.2. The second kappa shape index (κ2) is 6.38. The highest BCUT2D eigenvalue weighted by Crippen LogP contribution is 2.38. The standard InChI is InChI=1S/C17H13Cl2N5O/c1-25-11-7-5-10(6-8-11)14-9-15(24-17(20-14)21-22-23-24)16-12(18)3-2-4-13(16)19/h2-9,15H,1H3,(H,20,21,23)/t15-/m0/s1. The van der Waals surface area contributed by atoms with Crippen LogP contribution in [-0.2, 0) is 0 Å². The maximum absolute atomic E-state index is 6.40. The van der Waals surface area contributed by atoms with Gasteiger partial charge in [-0.1, -0.05) is 34.4 Å². The third kappa shape index (κ3) is 2.83. The molecule has 0 saturated heterocycles. The lowest BCUT2D eigenvalue weighted by Crippen LogP contribution is -2.20. The summed E-state index contributed by atoms with van der Waals surface area (Å²) >= 11 is 12.8. The van der Waals surface area contributed by atoms with E-state index in [2.05, 4.69) is 20.8 Å². The number of allylic oxidation sites excluding steroid dienone is 1. The van der Waals surface area contributed by atoms with Gasteiger partial charge < -0.3 is 10.1 Å². The molecule has 0 spiro atoms. The molecule has 126 valence electrons. The van der Waals surface area contributed by atoms with Crippen LogP contribution >= 0.6 is 23.2 Å². The van der Waals surface area contributed by atoms with Crippen molar-refractivity contribution >= 4 is 34.8 Å². The quantitative estimate of drug-likeness (QED) is 0.750. The van der Waals surface area contributed by atoms with Gasteiger partial charge in [-0.15, -0.1) is 0 Å². The van der Waals surface area contributed by atoms with Crippen molar-refractivity contribution in [1.29, 1.82) is 0 Å². The van der Waals surface area contributed by atoms with Crippen LogP contribution in [0.1, 0.15) is 17.2 Å². The topological polar surface area (TPSA) is 64.9 Å². The number of methoxy groups -OCH3 is 1. The first kappa shape index (κ1) is 15.9. The van der Waals surface area contributed by atoms with E-state index in [0.29, 0.717) is 16.0 Å². The lowest BCUT2D eigenvalue weighted by molar-refractivity contribution is 0.415. The number of halogens is 2. The number of hydrogen-bond donors (Lipinski definition) is 1. The van der Waals surface area contributed by atoms with Crippen LogP contribution in [0.15, 0.2) is 48.5 Å². The van der Waals surface area contributed by atoms with E-state index >= 15 is 0 Å². The molecule has 1 N–H and O–H groups in total. The molecule has 6 nitrogen and oxygen atoms in total. The van der Waals surface area contributed by atoms with Gasteiger partial charge in [0.1, 0.15) is 11.8 Å². The normalized spacial score (nSPS) is 16.0. The van der Waals surface area contributed by atoms with Crippen LogP contribution in [0.3, 0.4) is 0 Å². The molecule has 0 saturated carbocycles. The van der Waals surface area contributed by atoms with Crippen LogP contribution in [-0.4, -0.2) is 27.3 Å². The number of nitrogens with one attached hydrogen (secondary N) is 1. The maximum atomic E-state index is 6.40. The van der Waals surface area contributed by atoms with Crippen LogP contribution in [0.4, 0.5) is 5.95 Å². The van der Waals surface area contributed by atoms with Gasteiger partial charge in [0.05, 0.1) is 7.11 Å². The van der Waals surface area contributed by atoms with Crippen molar-refractivity contribution in [3.8, 4) is 5.75 Å². The Labute approximate surface area is 154 Å². The van der Waals surface area contributed by atoms with Crippen molar-refractivity contribution in [1.82, 2.24) is 20.2 Å². The van der Waals surface area contributed by atoms with E-state index in [4.69, 9.17) is 27.9 Å². The molecule has 0 aliphatic carbocycles. The van der Waals surface area contributed by atoms with Gasteiger partial charge in [0.25, 0.3) is 0 Å². The fourth-order valence-corrected chi connectivity index (χ4v) is 3.41. The summed E-state index contributed by atoms with van der Waals surface area (Å²) in [6.45, 7) is 0. The van der Waals surface area contributed by atoms with Crippen molar-refractivity contribution in [3.05, 3.63) is 69.7 Å². The summed E-state index contributed by atoms with van der Waals surface area (Å²) in [6, 6.07) is 12.8. The van der Waals surface area contributed by atoms with E-state index in [9.17, 15) is 0 Å². The van der Waals surface area contributed by atoms with Crippen LogP contribution in [0.2, 0.25) is 10.0 Å². The number of nitrogens with zero attached hydrogens (tertiary/aromatic N) is 4. The number of fused-ring (bicyclic) bond motifs is 1. The SMILES string of the molecule is COc1ccc(C2=C[C@@H](c3c(Cl)cccc3Cl)n3nnnc3N2)cc1. The molecule has 2 heterocycles. The molecule has 0 radical (unpaired) electrons. The van der Waals surface area contributed by atoms with Gasteiger partial charge in [-0.2, -0.15) is 4.68 Å². The molecule has 2 aromatic carbocycles. The van der Waals surface area contributed by atoms with E-state index in [1.165, 1.54) is 0 Å². The molecule has 3 aromatic rings. The summed E-state index contributed by atoms with van der Waals surface area (Å²) in [4.78, 5) is 0. The number of benzene rings is 2. The van der Waals surface area contributed by atoms with Crippen molar-refractivity contribution in [2.45, 2.75) is 6.04 Å². The number of rotatable bonds is 3. The number of anilines is 1. The monoisotopic (exact) mass is 373 g/mol. The van der Waals surface area contributed by atoms with Gasteiger partial charge >= 0.3 is 0 Å². The van der Waals surface area contributed by atoms with Gasteiger partial charge in [0.15, 0.2) is 0 Å². The van der Waals surface area contributed by atoms with Crippen molar-refractivity contribution in [2.75, 3.05) is 12.4 Å². The summed E-state index contributed by atoms with van der Waals surface area (Å²) in [5.74, 6) is 1.31. The van der Waals surface area contributed by atoms with E-state index in [0.717, 1.165) is 22.6 Å². The predicted octanol–water partition coefficient (Wildman–Crippen LogP) is 4.04. The molecule has 0 fully saturated rings. The number of hydrogen-bond acceptors (Lipinski definition) is 5.